The number of aryl methyl sites for hydroxylation is 1. The smallest absolute Gasteiger partial charge is 0.180 e. The summed E-state index contributed by atoms with van der Waals surface area (Å²) in [5.41, 5.74) is 6.32. The maximum Gasteiger partial charge on any atom is 0.180 e. The molecule has 0 spiro atoms. The van der Waals surface area contributed by atoms with E-state index in [9.17, 15) is 0 Å². The van der Waals surface area contributed by atoms with Gasteiger partial charge in [0.25, 0.3) is 0 Å². The molecule has 0 fully saturated rings. The standard InChI is InChI=1S/C8H9N5/c1-13-7(9)5-6(12-13)8-10-3-2-4-11-8/h2-5H,9H2,1H3. The Labute approximate surface area is 75.2 Å². The predicted octanol–water partition coefficient (Wildman–Crippen LogP) is 0.459. The lowest BCUT2D eigenvalue weighted by Gasteiger charge is -1.91. The molecule has 0 amide bonds. The van der Waals surface area contributed by atoms with Gasteiger partial charge in [-0.2, -0.15) is 5.10 Å². The van der Waals surface area contributed by atoms with E-state index in [0.717, 1.165) is 0 Å². The first-order valence-electron chi connectivity index (χ1n) is 3.84. The highest BCUT2D eigenvalue weighted by Crippen LogP contribution is 2.13. The van der Waals surface area contributed by atoms with Crippen molar-refractivity contribution >= 4 is 5.82 Å². The fourth-order valence-corrected chi connectivity index (χ4v) is 1.02. The van der Waals surface area contributed by atoms with Crippen LogP contribution in [-0.4, -0.2) is 19.7 Å². The molecule has 0 saturated carbocycles. The Balaban J connectivity index is 2.48. The normalized spacial score (nSPS) is 10.2. The van der Waals surface area contributed by atoms with Gasteiger partial charge in [0, 0.05) is 25.5 Å². The summed E-state index contributed by atoms with van der Waals surface area (Å²) in [6.45, 7) is 0. The van der Waals surface area contributed by atoms with Crippen LogP contribution in [0.4, 0.5) is 5.82 Å². The Morgan fingerprint density at radius 1 is 1.31 bits per heavy atom. The van der Waals surface area contributed by atoms with Crippen molar-refractivity contribution in [3.63, 3.8) is 0 Å². The lowest BCUT2D eigenvalue weighted by atomic mass is 10.4. The molecule has 0 radical (unpaired) electrons. The molecule has 0 unspecified atom stereocenters. The SMILES string of the molecule is Cn1nc(-c2ncccn2)cc1N. The summed E-state index contributed by atoms with van der Waals surface area (Å²) < 4.78 is 1.59. The minimum absolute atomic E-state index is 0.592. The fourth-order valence-electron chi connectivity index (χ4n) is 1.02. The molecule has 5 heteroatoms. The molecular formula is C8H9N5. The second kappa shape index (κ2) is 2.85. The van der Waals surface area contributed by atoms with E-state index in [2.05, 4.69) is 15.1 Å². The van der Waals surface area contributed by atoms with Crippen molar-refractivity contribution in [2.24, 2.45) is 7.05 Å². The van der Waals surface area contributed by atoms with Crippen LogP contribution < -0.4 is 5.73 Å². The van der Waals surface area contributed by atoms with Gasteiger partial charge in [-0.25, -0.2) is 9.97 Å². The van der Waals surface area contributed by atoms with Gasteiger partial charge in [0.05, 0.1) is 0 Å². The van der Waals surface area contributed by atoms with E-state index >= 15 is 0 Å². The highest BCUT2D eigenvalue weighted by atomic mass is 15.3. The van der Waals surface area contributed by atoms with Gasteiger partial charge >= 0.3 is 0 Å². The van der Waals surface area contributed by atoms with Crippen LogP contribution >= 0.6 is 0 Å². The van der Waals surface area contributed by atoms with Gasteiger partial charge in [-0.1, -0.05) is 0 Å². The number of nitrogens with zero attached hydrogens (tertiary/aromatic N) is 4. The highest BCUT2D eigenvalue weighted by molar-refractivity contribution is 5.53. The number of hydrogen-bond acceptors (Lipinski definition) is 4. The molecule has 0 aromatic carbocycles. The summed E-state index contributed by atoms with van der Waals surface area (Å²) in [6.07, 6.45) is 3.35. The van der Waals surface area contributed by atoms with Crippen LogP contribution in [-0.2, 0) is 7.05 Å². The van der Waals surface area contributed by atoms with Gasteiger partial charge in [0.15, 0.2) is 5.82 Å². The molecule has 0 atom stereocenters. The molecule has 13 heavy (non-hydrogen) atoms. The van der Waals surface area contributed by atoms with Crippen molar-refractivity contribution < 1.29 is 0 Å². The second-order valence-electron chi connectivity index (χ2n) is 2.65. The third-order valence-electron chi connectivity index (χ3n) is 1.71. The van der Waals surface area contributed by atoms with Crippen LogP contribution in [0, 0.1) is 0 Å². The number of nitrogens with two attached hydrogens (primary N) is 1. The van der Waals surface area contributed by atoms with Gasteiger partial charge in [-0.3, -0.25) is 4.68 Å². The maximum absolute atomic E-state index is 5.62. The van der Waals surface area contributed by atoms with Crippen molar-refractivity contribution in [1.29, 1.82) is 0 Å². The summed E-state index contributed by atoms with van der Waals surface area (Å²) >= 11 is 0. The summed E-state index contributed by atoms with van der Waals surface area (Å²) in [5.74, 6) is 1.19. The Kier molecular flexibility index (Phi) is 1.70. The molecule has 0 aliphatic heterocycles. The zero-order valence-electron chi connectivity index (χ0n) is 7.18. The average molecular weight is 175 g/mol. The van der Waals surface area contributed by atoms with Crippen molar-refractivity contribution in [2.45, 2.75) is 0 Å². The van der Waals surface area contributed by atoms with E-state index in [1.54, 1.807) is 36.3 Å². The zero-order chi connectivity index (χ0) is 9.26. The summed E-state index contributed by atoms with van der Waals surface area (Å²) in [7, 11) is 1.78. The molecule has 2 aromatic heterocycles. The molecule has 5 nitrogen and oxygen atoms in total. The van der Waals surface area contributed by atoms with Crippen molar-refractivity contribution in [3.05, 3.63) is 24.5 Å². The average Bonchev–Trinajstić information content (AvgIpc) is 2.49. The first-order valence-corrected chi connectivity index (χ1v) is 3.84. The fraction of sp³-hybridized carbons (Fsp3) is 0.125. The summed E-state index contributed by atoms with van der Waals surface area (Å²) in [5, 5.41) is 4.15. The van der Waals surface area contributed by atoms with Crippen molar-refractivity contribution in [2.75, 3.05) is 5.73 Å². The van der Waals surface area contributed by atoms with Gasteiger partial charge in [-0.05, 0) is 6.07 Å². The Morgan fingerprint density at radius 3 is 2.54 bits per heavy atom. The first kappa shape index (κ1) is 7.72. The quantitative estimate of drug-likeness (QED) is 0.683. The molecule has 2 aromatic rings. The van der Waals surface area contributed by atoms with E-state index in [0.29, 0.717) is 17.3 Å². The number of hydrogen-bond donors (Lipinski definition) is 1. The third kappa shape index (κ3) is 1.35. The topological polar surface area (TPSA) is 69.6 Å². The van der Waals surface area contributed by atoms with E-state index in [-0.39, 0.29) is 0 Å². The Hall–Kier alpha value is -1.91. The van der Waals surface area contributed by atoms with Crippen LogP contribution in [0.3, 0.4) is 0 Å². The monoisotopic (exact) mass is 175 g/mol. The molecule has 2 heterocycles. The number of rotatable bonds is 1. The van der Waals surface area contributed by atoms with Gasteiger partial charge in [0.2, 0.25) is 0 Å². The van der Waals surface area contributed by atoms with Gasteiger partial charge < -0.3 is 5.73 Å². The van der Waals surface area contributed by atoms with Crippen LogP contribution in [0.2, 0.25) is 0 Å². The molecule has 2 rings (SSSR count). The minimum Gasteiger partial charge on any atom is -0.384 e. The maximum atomic E-state index is 5.62. The first-order chi connectivity index (χ1) is 6.27. The largest absolute Gasteiger partial charge is 0.384 e. The predicted molar refractivity (Wildman–Crippen MR) is 48.6 cm³/mol. The van der Waals surface area contributed by atoms with E-state index < -0.39 is 0 Å². The molecule has 0 aliphatic rings. The second-order valence-corrected chi connectivity index (χ2v) is 2.65. The van der Waals surface area contributed by atoms with E-state index in [1.807, 2.05) is 0 Å². The minimum atomic E-state index is 0.592. The van der Waals surface area contributed by atoms with Crippen LogP contribution in [0.25, 0.3) is 11.5 Å². The van der Waals surface area contributed by atoms with Gasteiger partial charge in [0.1, 0.15) is 11.5 Å². The summed E-state index contributed by atoms with van der Waals surface area (Å²) in [6, 6.07) is 3.51. The third-order valence-corrected chi connectivity index (χ3v) is 1.71. The number of nitrogen functional groups attached to an aromatic ring is 1. The lowest BCUT2D eigenvalue weighted by molar-refractivity contribution is 0.780. The van der Waals surface area contributed by atoms with E-state index in [4.69, 9.17) is 5.73 Å². The van der Waals surface area contributed by atoms with Gasteiger partial charge in [-0.15, -0.1) is 0 Å². The molecule has 66 valence electrons. The molecule has 0 saturated heterocycles. The Morgan fingerprint density at radius 2 is 2.00 bits per heavy atom. The highest BCUT2D eigenvalue weighted by Gasteiger charge is 2.05. The molecule has 2 N–H and O–H groups in total. The number of aromatic nitrogens is 4. The van der Waals surface area contributed by atoms with Crippen LogP contribution in [0.1, 0.15) is 0 Å². The zero-order valence-corrected chi connectivity index (χ0v) is 7.18. The molecule has 0 bridgehead atoms. The van der Waals surface area contributed by atoms with Crippen LogP contribution in [0.15, 0.2) is 24.5 Å². The van der Waals surface area contributed by atoms with Crippen molar-refractivity contribution in [1.82, 2.24) is 19.7 Å². The molecular weight excluding hydrogens is 166 g/mol. The summed E-state index contributed by atoms with van der Waals surface area (Å²) in [4.78, 5) is 8.12. The number of anilines is 1. The van der Waals surface area contributed by atoms with Crippen molar-refractivity contribution in [3.8, 4) is 11.5 Å². The Bertz CT molecular complexity index is 386. The van der Waals surface area contributed by atoms with Crippen LogP contribution in [0.5, 0.6) is 0 Å². The lowest BCUT2D eigenvalue weighted by Crippen LogP contribution is -1.96. The molecule has 0 aliphatic carbocycles. The van der Waals surface area contributed by atoms with E-state index in [1.165, 1.54) is 0 Å².